The van der Waals surface area contributed by atoms with Crippen molar-refractivity contribution in [3.8, 4) is 11.5 Å². The minimum absolute atomic E-state index is 0.0657. The van der Waals surface area contributed by atoms with E-state index in [1.807, 2.05) is 43.3 Å². The highest BCUT2D eigenvalue weighted by molar-refractivity contribution is 6.57. The van der Waals surface area contributed by atoms with Crippen LogP contribution in [0.1, 0.15) is 21.5 Å². The Kier molecular flexibility index (Phi) is 5.22. The number of rotatable bonds is 6. The van der Waals surface area contributed by atoms with Gasteiger partial charge in [-0.1, -0.05) is 30.3 Å². The third kappa shape index (κ3) is 3.76. The fraction of sp³-hybridized carbons (Fsp3) is 0.0952. The smallest absolute Gasteiger partial charge is 0.422 e. The standard InChI is InChI=1S/C21H20BN5O3/c1-13-10-16-15(20(23)28)8-5-9-27(16)19(13)21-25-17(22(29)30)11-18(26-21)24-12-14-6-3-2-4-7-14/h2-11,29-30H,12H2,1H3,(H2,23,28)(H,24,25,26). The molecule has 0 saturated heterocycles. The second-order valence-electron chi connectivity index (χ2n) is 6.93. The zero-order chi connectivity index (χ0) is 21.3. The summed E-state index contributed by atoms with van der Waals surface area (Å²) in [5, 5.41) is 22.6. The highest BCUT2D eigenvalue weighted by Crippen LogP contribution is 2.26. The third-order valence-electron chi connectivity index (χ3n) is 4.81. The van der Waals surface area contributed by atoms with Gasteiger partial charge in [-0.2, -0.15) is 0 Å². The van der Waals surface area contributed by atoms with Crippen LogP contribution in [0.3, 0.4) is 0 Å². The molecule has 0 fully saturated rings. The normalized spacial score (nSPS) is 10.9. The number of nitrogens with one attached hydrogen (secondary N) is 1. The fourth-order valence-electron chi connectivity index (χ4n) is 3.40. The first-order chi connectivity index (χ1) is 14.4. The highest BCUT2D eigenvalue weighted by Gasteiger charge is 2.21. The van der Waals surface area contributed by atoms with Gasteiger partial charge in [-0.3, -0.25) is 4.79 Å². The van der Waals surface area contributed by atoms with Crippen molar-refractivity contribution in [3.63, 3.8) is 0 Å². The number of primary amides is 1. The van der Waals surface area contributed by atoms with E-state index in [0.29, 0.717) is 35.0 Å². The summed E-state index contributed by atoms with van der Waals surface area (Å²) < 4.78 is 1.78. The lowest BCUT2D eigenvalue weighted by molar-refractivity contribution is 0.100. The zero-order valence-corrected chi connectivity index (χ0v) is 16.3. The van der Waals surface area contributed by atoms with Gasteiger partial charge in [-0.15, -0.1) is 0 Å². The Balaban J connectivity index is 1.80. The van der Waals surface area contributed by atoms with Crippen LogP contribution in [0.2, 0.25) is 0 Å². The molecule has 1 amide bonds. The molecule has 150 valence electrons. The van der Waals surface area contributed by atoms with E-state index in [9.17, 15) is 14.8 Å². The first kappa shape index (κ1) is 19.6. The number of carbonyl (C=O) groups is 1. The molecule has 3 aromatic heterocycles. The molecule has 0 atom stereocenters. The molecule has 8 nitrogen and oxygen atoms in total. The maximum Gasteiger partial charge on any atom is 0.508 e. The number of aromatic nitrogens is 3. The second-order valence-corrected chi connectivity index (χ2v) is 6.93. The molecule has 0 aliphatic rings. The summed E-state index contributed by atoms with van der Waals surface area (Å²) in [5.41, 5.74) is 9.10. The number of aryl methyl sites for hydroxylation is 1. The van der Waals surface area contributed by atoms with E-state index in [1.165, 1.54) is 6.07 Å². The van der Waals surface area contributed by atoms with E-state index in [0.717, 1.165) is 11.1 Å². The Morgan fingerprint density at radius 3 is 2.60 bits per heavy atom. The van der Waals surface area contributed by atoms with Crippen molar-refractivity contribution in [2.45, 2.75) is 13.5 Å². The lowest BCUT2D eigenvalue weighted by Crippen LogP contribution is -2.33. The minimum Gasteiger partial charge on any atom is -0.422 e. The topological polar surface area (TPSA) is 126 Å². The summed E-state index contributed by atoms with van der Waals surface area (Å²) in [5.74, 6) is 0.220. The Labute approximate surface area is 173 Å². The molecule has 0 unspecified atom stereocenters. The molecule has 9 heteroatoms. The number of benzene rings is 1. The Morgan fingerprint density at radius 1 is 1.13 bits per heavy atom. The van der Waals surface area contributed by atoms with Crippen LogP contribution in [-0.4, -0.2) is 37.4 Å². The molecule has 1 aromatic carbocycles. The van der Waals surface area contributed by atoms with Gasteiger partial charge in [0.05, 0.1) is 22.4 Å². The first-order valence-electron chi connectivity index (χ1n) is 9.38. The fourth-order valence-corrected chi connectivity index (χ4v) is 3.40. The Hall–Kier alpha value is -3.69. The predicted octanol–water partition coefficient (Wildman–Crippen LogP) is 1.10. The van der Waals surface area contributed by atoms with E-state index in [-0.39, 0.29) is 5.59 Å². The van der Waals surface area contributed by atoms with E-state index in [1.54, 1.807) is 22.7 Å². The summed E-state index contributed by atoms with van der Waals surface area (Å²) in [4.78, 5) is 20.7. The van der Waals surface area contributed by atoms with E-state index in [4.69, 9.17) is 5.73 Å². The largest absolute Gasteiger partial charge is 0.508 e. The van der Waals surface area contributed by atoms with Gasteiger partial charge >= 0.3 is 7.12 Å². The average molecular weight is 401 g/mol. The van der Waals surface area contributed by atoms with Crippen LogP contribution in [0.5, 0.6) is 0 Å². The molecule has 30 heavy (non-hydrogen) atoms. The molecule has 5 N–H and O–H groups in total. The van der Waals surface area contributed by atoms with Crippen LogP contribution < -0.4 is 16.6 Å². The van der Waals surface area contributed by atoms with Gasteiger partial charge in [0.2, 0.25) is 0 Å². The number of anilines is 1. The SMILES string of the molecule is Cc1cc2c(C(N)=O)cccn2c1-c1nc(NCc2ccccc2)cc(B(O)O)n1. The molecule has 0 aliphatic heterocycles. The lowest BCUT2D eigenvalue weighted by atomic mass is 9.86. The summed E-state index contributed by atoms with van der Waals surface area (Å²) in [6.45, 7) is 2.38. The monoisotopic (exact) mass is 401 g/mol. The molecule has 0 bridgehead atoms. The van der Waals surface area contributed by atoms with Gasteiger partial charge in [0.25, 0.3) is 5.91 Å². The van der Waals surface area contributed by atoms with Gasteiger partial charge in [-0.05, 0) is 42.3 Å². The maximum atomic E-state index is 11.8. The van der Waals surface area contributed by atoms with E-state index < -0.39 is 13.0 Å². The number of amides is 1. The van der Waals surface area contributed by atoms with Gasteiger partial charge in [-0.25, -0.2) is 9.97 Å². The highest BCUT2D eigenvalue weighted by atomic mass is 16.4. The van der Waals surface area contributed by atoms with Crippen molar-refractivity contribution in [2.24, 2.45) is 5.73 Å². The number of carbonyl (C=O) groups excluding carboxylic acids is 1. The lowest BCUT2D eigenvalue weighted by Gasteiger charge is -2.11. The van der Waals surface area contributed by atoms with E-state index in [2.05, 4.69) is 15.3 Å². The first-order valence-corrected chi connectivity index (χ1v) is 9.38. The minimum atomic E-state index is -1.75. The maximum absolute atomic E-state index is 11.8. The number of nitrogens with two attached hydrogens (primary N) is 1. The molecular formula is C21H20BN5O3. The number of pyridine rings is 1. The van der Waals surface area contributed by atoms with Crippen LogP contribution in [-0.2, 0) is 6.54 Å². The van der Waals surface area contributed by atoms with Crippen molar-refractivity contribution in [1.82, 2.24) is 14.4 Å². The van der Waals surface area contributed by atoms with Crippen molar-refractivity contribution in [2.75, 3.05) is 5.32 Å². The zero-order valence-electron chi connectivity index (χ0n) is 16.3. The van der Waals surface area contributed by atoms with Gasteiger partial charge in [0, 0.05) is 12.7 Å². The van der Waals surface area contributed by atoms with Crippen molar-refractivity contribution in [3.05, 3.63) is 77.5 Å². The van der Waals surface area contributed by atoms with Crippen LogP contribution in [0.25, 0.3) is 17.0 Å². The van der Waals surface area contributed by atoms with Crippen molar-refractivity contribution in [1.29, 1.82) is 0 Å². The van der Waals surface area contributed by atoms with Crippen LogP contribution in [0, 0.1) is 6.92 Å². The van der Waals surface area contributed by atoms with Gasteiger partial charge in [0.15, 0.2) is 5.82 Å². The summed E-state index contributed by atoms with van der Waals surface area (Å²) in [6.07, 6.45) is 1.78. The molecular weight excluding hydrogens is 381 g/mol. The van der Waals surface area contributed by atoms with Crippen LogP contribution >= 0.6 is 0 Å². The van der Waals surface area contributed by atoms with Crippen molar-refractivity contribution >= 4 is 30.0 Å². The molecule has 3 heterocycles. The Morgan fingerprint density at radius 2 is 1.90 bits per heavy atom. The Bertz CT molecular complexity index is 1220. The molecule has 0 spiro atoms. The molecule has 0 saturated carbocycles. The van der Waals surface area contributed by atoms with Crippen LogP contribution in [0.15, 0.2) is 60.8 Å². The number of hydrogen-bond donors (Lipinski definition) is 4. The summed E-state index contributed by atoms with van der Waals surface area (Å²) in [7, 11) is -1.75. The van der Waals surface area contributed by atoms with Crippen molar-refractivity contribution < 1.29 is 14.8 Å². The number of nitrogens with zero attached hydrogens (tertiary/aromatic N) is 3. The molecule has 0 radical (unpaired) electrons. The molecule has 0 aliphatic carbocycles. The quantitative estimate of drug-likeness (QED) is 0.359. The average Bonchev–Trinajstić information content (AvgIpc) is 3.08. The summed E-state index contributed by atoms with van der Waals surface area (Å²) >= 11 is 0. The van der Waals surface area contributed by atoms with Gasteiger partial charge < -0.3 is 25.5 Å². The number of hydrogen-bond acceptors (Lipinski definition) is 6. The van der Waals surface area contributed by atoms with Gasteiger partial charge in [0.1, 0.15) is 5.82 Å². The third-order valence-corrected chi connectivity index (χ3v) is 4.81. The second kappa shape index (κ2) is 7.98. The summed E-state index contributed by atoms with van der Waals surface area (Å²) in [6, 6.07) is 16.5. The van der Waals surface area contributed by atoms with Crippen LogP contribution in [0.4, 0.5) is 5.82 Å². The molecule has 4 aromatic rings. The molecule has 4 rings (SSSR count). The van der Waals surface area contributed by atoms with E-state index >= 15 is 0 Å². The predicted molar refractivity (Wildman–Crippen MR) is 115 cm³/mol. The number of fused-ring (bicyclic) bond motifs is 1.